The molecule has 0 N–H and O–H groups in total. The van der Waals surface area contributed by atoms with Gasteiger partial charge in [-0.25, -0.2) is 0 Å². The van der Waals surface area contributed by atoms with Gasteiger partial charge in [0.1, 0.15) is 6.10 Å². The summed E-state index contributed by atoms with van der Waals surface area (Å²) in [6.07, 6.45) is -1.32. The summed E-state index contributed by atoms with van der Waals surface area (Å²) in [5.74, 6) is 0. The zero-order chi connectivity index (χ0) is 14.9. The van der Waals surface area contributed by atoms with Crippen LogP contribution in [0.1, 0.15) is 0 Å². The molecular formula is C11H26O7Si. The molecule has 0 amide bonds. The summed E-state index contributed by atoms with van der Waals surface area (Å²) in [7, 11) is 8.13. The predicted molar refractivity (Wildman–Crippen MR) is 71.0 cm³/mol. The molecule has 0 spiro atoms. The van der Waals surface area contributed by atoms with Crippen LogP contribution in [-0.2, 0) is 32.2 Å². The topological polar surface area (TPSA) is 64.6 Å². The van der Waals surface area contributed by atoms with E-state index in [4.69, 9.17) is 32.2 Å². The van der Waals surface area contributed by atoms with Gasteiger partial charge in [0.25, 0.3) is 0 Å². The molecule has 0 aromatic rings. The van der Waals surface area contributed by atoms with E-state index in [1.54, 1.807) is 49.8 Å². The molecular weight excluding hydrogens is 272 g/mol. The van der Waals surface area contributed by atoms with Crippen LogP contribution in [0.3, 0.4) is 0 Å². The molecule has 2 unspecified atom stereocenters. The van der Waals surface area contributed by atoms with Crippen LogP contribution in [0, 0.1) is 0 Å². The lowest BCUT2D eigenvalue weighted by Crippen LogP contribution is -2.51. The van der Waals surface area contributed by atoms with Crippen molar-refractivity contribution in [2.75, 3.05) is 49.8 Å². The van der Waals surface area contributed by atoms with Gasteiger partial charge in [-0.1, -0.05) is 0 Å². The van der Waals surface area contributed by atoms with Gasteiger partial charge in [-0.05, 0) is 0 Å². The Balaban J connectivity index is 4.95. The van der Waals surface area contributed by atoms with Gasteiger partial charge in [0.15, 0.2) is 6.29 Å². The molecule has 0 saturated carbocycles. The fourth-order valence-electron chi connectivity index (χ4n) is 1.88. The smallest absolute Gasteiger partial charge is 0.379 e. The Bertz CT molecular complexity index is 213. The van der Waals surface area contributed by atoms with Gasteiger partial charge in [0.05, 0.1) is 6.10 Å². The fraction of sp³-hybridized carbons (Fsp3) is 1.00. The molecule has 0 aliphatic rings. The first-order valence-corrected chi connectivity index (χ1v) is 7.77. The minimum absolute atomic E-state index is 0.346. The Hall–Kier alpha value is -0.0631. The van der Waals surface area contributed by atoms with Crippen molar-refractivity contribution in [2.45, 2.75) is 24.5 Å². The zero-order valence-corrected chi connectivity index (χ0v) is 13.8. The van der Waals surface area contributed by atoms with Crippen molar-refractivity contribution in [3.63, 3.8) is 0 Å². The molecule has 0 heterocycles. The van der Waals surface area contributed by atoms with Crippen molar-refractivity contribution in [1.82, 2.24) is 0 Å². The second kappa shape index (κ2) is 9.78. The van der Waals surface area contributed by atoms with Gasteiger partial charge in [0, 0.05) is 55.8 Å². The van der Waals surface area contributed by atoms with Crippen molar-refractivity contribution >= 4 is 8.80 Å². The molecule has 8 heteroatoms. The third kappa shape index (κ3) is 5.08. The van der Waals surface area contributed by atoms with Gasteiger partial charge in [-0.3, -0.25) is 0 Å². The highest BCUT2D eigenvalue weighted by Gasteiger charge is 2.45. The second-order valence-corrected chi connectivity index (χ2v) is 6.81. The Morgan fingerprint density at radius 1 is 0.684 bits per heavy atom. The van der Waals surface area contributed by atoms with Crippen molar-refractivity contribution in [3.8, 4) is 0 Å². The molecule has 0 aliphatic carbocycles. The van der Waals surface area contributed by atoms with E-state index >= 15 is 0 Å². The number of rotatable bonds is 11. The summed E-state index contributed by atoms with van der Waals surface area (Å²) in [4.78, 5) is 0. The van der Waals surface area contributed by atoms with E-state index in [0.717, 1.165) is 0 Å². The molecule has 0 bridgehead atoms. The van der Waals surface area contributed by atoms with E-state index in [1.807, 2.05) is 0 Å². The minimum Gasteiger partial charge on any atom is -0.379 e. The first-order valence-electron chi connectivity index (χ1n) is 5.84. The van der Waals surface area contributed by atoms with Crippen LogP contribution in [0.15, 0.2) is 0 Å². The van der Waals surface area contributed by atoms with Crippen molar-refractivity contribution in [2.24, 2.45) is 0 Å². The average molecular weight is 298 g/mol. The van der Waals surface area contributed by atoms with Crippen LogP contribution in [0.2, 0.25) is 6.04 Å². The van der Waals surface area contributed by atoms with E-state index in [0.29, 0.717) is 6.04 Å². The molecule has 0 radical (unpaired) electrons. The fourth-order valence-corrected chi connectivity index (χ4v) is 3.77. The second-order valence-electron chi connectivity index (χ2n) is 3.81. The van der Waals surface area contributed by atoms with Crippen molar-refractivity contribution in [1.29, 1.82) is 0 Å². The third-order valence-electron chi connectivity index (χ3n) is 3.06. The number of hydrogen-bond donors (Lipinski definition) is 0. The predicted octanol–water partition coefficient (Wildman–Crippen LogP) is 0.513. The molecule has 0 fully saturated rings. The van der Waals surface area contributed by atoms with E-state index in [-0.39, 0.29) is 6.10 Å². The lowest BCUT2D eigenvalue weighted by molar-refractivity contribution is -0.202. The summed E-state index contributed by atoms with van der Waals surface area (Å²) in [6.45, 7) is 0. The molecule has 2 atom stereocenters. The van der Waals surface area contributed by atoms with Gasteiger partial charge >= 0.3 is 8.80 Å². The molecule has 19 heavy (non-hydrogen) atoms. The summed E-state index contributed by atoms with van der Waals surface area (Å²) in [5, 5.41) is 0. The maximum atomic E-state index is 5.46. The van der Waals surface area contributed by atoms with Crippen LogP contribution < -0.4 is 0 Å². The molecule has 0 rings (SSSR count). The van der Waals surface area contributed by atoms with E-state index in [9.17, 15) is 0 Å². The van der Waals surface area contributed by atoms with Crippen LogP contribution in [0.4, 0.5) is 0 Å². The lowest BCUT2D eigenvalue weighted by atomic mass is 10.2. The first kappa shape index (κ1) is 18.9. The van der Waals surface area contributed by atoms with Crippen LogP contribution in [0.5, 0.6) is 0 Å². The van der Waals surface area contributed by atoms with Gasteiger partial charge < -0.3 is 32.2 Å². The average Bonchev–Trinajstić information content (AvgIpc) is 2.47. The maximum absolute atomic E-state index is 5.46. The summed E-state index contributed by atoms with van der Waals surface area (Å²) in [6, 6.07) is 0.425. The zero-order valence-electron chi connectivity index (χ0n) is 12.8. The van der Waals surface area contributed by atoms with Gasteiger partial charge in [-0.15, -0.1) is 0 Å². The van der Waals surface area contributed by atoms with Crippen LogP contribution >= 0.6 is 0 Å². The van der Waals surface area contributed by atoms with Crippen molar-refractivity contribution in [3.05, 3.63) is 0 Å². The molecule has 0 saturated heterocycles. The van der Waals surface area contributed by atoms with Crippen molar-refractivity contribution < 1.29 is 32.2 Å². The Morgan fingerprint density at radius 3 is 1.42 bits per heavy atom. The lowest BCUT2D eigenvalue weighted by Gasteiger charge is -2.34. The largest absolute Gasteiger partial charge is 0.502 e. The normalized spacial score (nSPS) is 15.8. The van der Waals surface area contributed by atoms with Gasteiger partial charge in [0.2, 0.25) is 0 Å². The number of methoxy groups -OCH3 is 4. The Morgan fingerprint density at radius 2 is 1.16 bits per heavy atom. The van der Waals surface area contributed by atoms with Crippen LogP contribution in [-0.4, -0.2) is 77.1 Å². The third-order valence-corrected chi connectivity index (χ3v) is 5.83. The monoisotopic (exact) mass is 298 g/mol. The molecule has 0 aromatic heterocycles. The first-order chi connectivity index (χ1) is 9.07. The van der Waals surface area contributed by atoms with E-state index < -0.39 is 21.2 Å². The highest BCUT2D eigenvalue weighted by molar-refractivity contribution is 6.60. The van der Waals surface area contributed by atoms with E-state index in [2.05, 4.69) is 0 Å². The van der Waals surface area contributed by atoms with Gasteiger partial charge in [-0.2, -0.15) is 0 Å². The highest BCUT2D eigenvalue weighted by atomic mass is 28.4. The summed E-state index contributed by atoms with van der Waals surface area (Å²) >= 11 is 0. The number of hydrogen-bond acceptors (Lipinski definition) is 7. The molecule has 116 valence electrons. The summed E-state index contributed by atoms with van der Waals surface area (Å²) < 4.78 is 37.5. The Kier molecular flexibility index (Phi) is 9.75. The summed E-state index contributed by atoms with van der Waals surface area (Å²) in [5.41, 5.74) is 0. The Labute approximate surface area is 116 Å². The molecule has 0 aromatic carbocycles. The minimum atomic E-state index is -2.77. The van der Waals surface area contributed by atoms with Crippen LogP contribution in [0.25, 0.3) is 0 Å². The quantitative estimate of drug-likeness (QED) is 0.407. The SMILES string of the molecule is COC(C[Si](OC)(OC)OC)C(OC)C(OC)OC. The standard InChI is InChI=1S/C11H26O7Si/c1-12-9(8-19(16-5,17-6)18-7)10(13-2)11(14-3)15-4/h9-11H,8H2,1-7H3. The number of ether oxygens (including phenoxy) is 4. The molecule has 7 nitrogen and oxygen atoms in total. The molecule has 0 aliphatic heterocycles. The maximum Gasteiger partial charge on any atom is 0.502 e. The highest BCUT2D eigenvalue weighted by Crippen LogP contribution is 2.23. The van der Waals surface area contributed by atoms with E-state index in [1.165, 1.54) is 0 Å².